The van der Waals surface area contributed by atoms with Gasteiger partial charge in [-0.25, -0.2) is 0 Å². The third kappa shape index (κ3) is 2.40. The maximum absolute atomic E-state index is 6.28. The molecule has 0 saturated heterocycles. The number of nitrogens with one attached hydrogen (secondary N) is 1. The molecular formula is C16H21ClN2O. The zero-order valence-corrected chi connectivity index (χ0v) is 12.9. The number of fused-ring (bicyclic) bond motifs is 3. The minimum absolute atomic E-state index is 0.691. The number of H-pyrrole nitrogens is 1. The third-order valence-electron chi connectivity index (χ3n) is 4.29. The molecule has 3 nitrogen and oxygen atoms in total. The van der Waals surface area contributed by atoms with Crippen molar-refractivity contribution in [3.05, 3.63) is 28.4 Å². The van der Waals surface area contributed by atoms with Crippen LogP contribution in [0.3, 0.4) is 0 Å². The van der Waals surface area contributed by atoms with E-state index in [9.17, 15) is 0 Å². The second kappa shape index (κ2) is 5.66. The smallest absolute Gasteiger partial charge is 0.139 e. The lowest BCUT2D eigenvalue weighted by Crippen LogP contribution is -2.29. The molecule has 0 aliphatic carbocycles. The second-order valence-corrected chi connectivity index (χ2v) is 5.81. The first kappa shape index (κ1) is 13.8. The van der Waals surface area contributed by atoms with Gasteiger partial charge in [-0.15, -0.1) is 0 Å². The summed E-state index contributed by atoms with van der Waals surface area (Å²) < 4.78 is 5.31. The Hall–Kier alpha value is -1.19. The van der Waals surface area contributed by atoms with Gasteiger partial charge in [0.05, 0.1) is 12.1 Å². The fourth-order valence-electron chi connectivity index (χ4n) is 3.14. The molecule has 0 atom stereocenters. The van der Waals surface area contributed by atoms with Crippen LogP contribution in [0, 0.1) is 0 Å². The van der Waals surface area contributed by atoms with Crippen LogP contribution in [0.15, 0.2) is 12.1 Å². The molecule has 108 valence electrons. The van der Waals surface area contributed by atoms with E-state index in [1.54, 1.807) is 7.11 Å². The van der Waals surface area contributed by atoms with Crippen LogP contribution in [0.25, 0.3) is 10.9 Å². The van der Waals surface area contributed by atoms with Crippen molar-refractivity contribution >= 4 is 22.5 Å². The van der Waals surface area contributed by atoms with Crippen molar-refractivity contribution in [3.8, 4) is 5.75 Å². The van der Waals surface area contributed by atoms with Crippen molar-refractivity contribution < 1.29 is 4.74 Å². The second-order valence-electron chi connectivity index (χ2n) is 5.40. The van der Waals surface area contributed by atoms with Crippen LogP contribution in [0.5, 0.6) is 5.75 Å². The van der Waals surface area contributed by atoms with Crippen molar-refractivity contribution in [2.45, 2.75) is 26.2 Å². The van der Waals surface area contributed by atoms with Crippen LogP contribution in [0.1, 0.15) is 24.6 Å². The topological polar surface area (TPSA) is 28.3 Å². The molecular weight excluding hydrogens is 272 g/mol. The number of methoxy groups -OCH3 is 1. The van der Waals surface area contributed by atoms with Crippen LogP contribution in [0.4, 0.5) is 0 Å². The molecule has 1 aromatic heterocycles. The lowest BCUT2D eigenvalue weighted by Gasteiger charge is -2.23. The van der Waals surface area contributed by atoms with E-state index in [1.165, 1.54) is 29.6 Å². The molecule has 1 N–H and O–H groups in total. The molecule has 3 rings (SSSR count). The summed E-state index contributed by atoms with van der Waals surface area (Å²) in [5.41, 5.74) is 3.95. The molecule has 2 heterocycles. The number of ether oxygens (including phenoxy) is 1. The number of hydrogen-bond acceptors (Lipinski definition) is 2. The first-order valence-corrected chi connectivity index (χ1v) is 7.70. The molecule has 0 fully saturated rings. The molecule has 0 radical (unpaired) electrons. The summed E-state index contributed by atoms with van der Waals surface area (Å²) in [6.07, 6.45) is 3.41. The molecule has 0 saturated carbocycles. The Morgan fingerprint density at radius 1 is 1.30 bits per heavy atom. The SMILES string of the molecule is CCN1CCCc2[nH]c3cc(OC)c(Cl)cc3c2CC1. The van der Waals surface area contributed by atoms with Crippen LogP contribution in [-0.4, -0.2) is 36.6 Å². The number of rotatable bonds is 2. The van der Waals surface area contributed by atoms with Crippen molar-refractivity contribution in [3.63, 3.8) is 0 Å². The zero-order valence-electron chi connectivity index (χ0n) is 12.1. The summed E-state index contributed by atoms with van der Waals surface area (Å²) in [5, 5.41) is 1.94. The molecule has 1 aliphatic rings. The van der Waals surface area contributed by atoms with E-state index in [0.717, 1.165) is 37.2 Å². The summed E-state index contributed by atoms with van der Waals surface area (Å²) in [6.45, 7) is 5.68. The summed E-state index contributed by atoms with van der Waals surface area (Å²) >= 11 is 6.28. The fourth-order valence-corrected chi connectivity index (χ4v) is 3.38. The van der Waals surface area contributed by atoms with Crippen LogP contribution in [0.2, 0.25) is 5.02 Å². The van der Waals surface area contributed by atoms with Crippen LogP contribution in [-0.2, 0) is 12.8 Å². The fraction of sp³-hybridized carbons (Fsp3) is 0.500. The van der Waals surface area contributed by atoms with E-state index in [1.807, 2.05) is 12.1 Å². The van der Waals surface area contributed by atoms with Gasteiger partial charge >= 0.3 is 0 Å². The first-order valence-electron chi connectivity index (χ1n) is 7.32. The molecule has 0 unspecified atom stereocenters. The number of halogens is 1. The van der Waals surface area contributed by atoms with E-state index >= 15 is 0 Å². The molecule has 0 spiro atoms. The van der Waals surface area contributed by atoms with Gasteiger partial charge in [0.2, 0.25) is 0 Å². The molecule has 4 heteroatoms. The Morgan fingerprint density at radius 3 is 2.90 bits per heavy atom. The maximum Gasteiger partial charge on any atom is 0.139 e. The number of aryl methyl sites for hydroxylation is 1. The highest BCUT2D eigenvalue weighted by Crippen LogP contribution is 2.34. The minimum atomic E-state index is 0.691. The highest BCUT2D eigenvalue weighted by molar-refractivity contribution is 6.32. The number of hydrogen-bond donors (Lipinski definition) is 1. The number of aromatic amines is 1. The summed E-state index contributed by atoms with van der Waals surface area (Å²) in [4.78, 5) is 6.08. The van der Waals surface area contributed by atoms with Gasteiger partial charge in [-0.3, -0.25) is 0 Å². The summed E-state index contributed by atoms with van der Waals surface area (Å²) in [7, 11) is 1.66. The third-order valence-corrected chi connectivity index (χ3v) is 4.59. The normalized spacial score (nSPS) is 16.8. The molecule has 1 aromatic carbocycles. The number of aromatic nitrogens is 1. The lowest BCUT2D eigenvalue weighted by atomic mass is 10.0. The average molecular weight is 293 g/mol. The van der Waals surface area contributed by atoms with Gasteiger partial charge < -0.3 is 14.6 Å². The van der Waals surface area contributed by atoms with E-state index in [4.69, 9.17) is 16.3 Å². The van der Waals surface area contributed by atoms with Crippen molar-refractivity contribution in [1.29, 1.82) is 0 Å². The van der Waals surface area contributed by atoms with Gasteiger partial charge in [-0.05, 0) is 44.0 Å². The minimum Gasteiger partial charge on any atom is -0.495 e. The molecule has 1 aliphatic heterocycles. The molecule has 0 bridgehead atoms. The van der Waals surface area contributed by atoms with Gasteiger partial charge in [-0.1, -0.05) is 18.5 Å². The van der Waals surface area contributed by atoms with Gasteiger partial charge in [0.15, 0.2) is 0 Å². The standard InChI is InChI=1S/C16H21ClN2O/c1-3-19-7-4-5-14-11(6-8-19)12-9-13(17)16(20-2)10-15(12)18-14/h9-10,18H,3-8H2,1-2H3. The maximum atomic E-state index is 6.28. The number of benzene rings is 1. The number of likely N-dealkylation sites (N-methyl/N-ethyl adjacent to an activating group) is 1. The molecule has 2 aromatic rings. The Balaban J connectivity index is 2.05. The monoisotopic (exact) mass is 292 g/mol. The summed E-state index contributed by atoms with van der Waals surface area (Å²) in [6, 6.07) is 4.06. The van der Waals surface area contributed by atoms with E-state index in [2.05, 4.69) is 16.8 Å². The van der Waals surface area contributed by atoms with Gasteiger partial charge in [-0.2, -0.15) is 0 Å². The average Bonchev–Trinajstić information content (AvgIpc) is 2.74. The van der Waals surface area contributed by atoms with Gasteiger partial charge in [0.25, 0.3) is 0 Å². The van der Waals surface area contributed by atoms with Gasteiger partial charge in [0, 0.05) is 29.2 Å². The largest absolute Gasteiger partial charge is 0.495 e. The van der Waals surface area contributed by atoms with E-state index < -0.39 is 0 Å². The summed E-state index contributed by atoms with van der Waals surface area (Å²) in [5.74, 6) is 0.739. The Morgan fingerprint density at radius 2 is 2.15 bits per heavy atom. The highest BCUT2D eigenvalue weighted by Gasteiger charge is 2.17. The zero-order chi connectivity index (χ0) is 14.1. The first-order chi connectivity index (χ1) is 9.72. The van der Waals surface area contributed by atoms with Crippen molar-refractivity contribution in [2.24, 2.45) is 0 Å². The lowest BCUT2D eigenvalue weighted by molar-refractivity contribution is 0.283. The highest BCUT2D eigenvalue weighted by atomic mass is 35.5. The van der Waals surface area contributed by atoms with Crippen LogP contribution >= 0.6 is 11.6 Å². The Labute approximate surface area is 124 Å². The molecule has 0 amide bonds. The van der Waals surface area contributed by atoms with Gasteiger partial charge in [0.1, 0.15) is 5.75 Å². The Kier molecular flexibility index (Phi) is 3.90. The van der Waals surface area contributed by atoms with E-state index in [0.29, 0.717) is 5.02 Å². The van der Waals surface area contributed by atoms with Crippen molar-refractivity contribution in [1.82, 2.24) is 9.88 Å². The van der Waals surface area contributed by atoms with E-state index in [-0.39, 0.29) is 0 Å². The van der Waals surface area contributed by atoms with Crippen LogP contribution < -0.4 is 4.74 Å². The molecule has 20 heavy (non-hydrogen) atoms. The quantitative estimate of drug-likeness (QED) is 0.915. The predicted octanol–water partition coefficient (Wildman–Crippen LogP) is 3.64. The Bertz CT molecular complexity index is 620. The van der Waals surface area contributed by atoms with Crippen molar-refractivity contribution in [2.75, 3.05) is 26.7 Å². The predicted molar refractivity (Wildman–Crippen MR) is 84.0 cm³/mol. The number of nitrogens with zero attached hydrogens (tertiary/aromatic N) is 1.